The van der Waals surface area contributed by atoms with Gasteiger partial charge < -0.3 is 14.0 Å². The number of hydrogen-bond donors (Lipinski definition) is 0. The molecule has 2 aliphatic carbocycles. The highest BCUT2D eigenvalue weighted by atomic mass is 16.5. The molecule has 2 saturated carbocycles. The Hall–Kier alpha value is -2.74. The molecule has 3 aromatic heterocycles. The van der Waals surface area contributed by atoms with E-state index in [1.807, 2.05) is 45.9 Å². The molecular weight excluding hydrogens is 404 g/mol. The maximum absolute atomic E-state index is 13.2. The van der Waals surface area contributed by atoms with Gasteiger partial charge >= 0.3 is 0 Å². The lowest BCUT2D eigenvalue weighted by Crippen LogP contribution is -2.41. The number of pyridine rings is 1. The molecule has 4 aliphatic rings. The van der Waals surface area contributed by atoms with Crippen LogP contribution in [0.4, 0.5) is 0 Å². The van der Waals surface area contributed by atoms with Crippen molar-refractivity contribution >= 4 is 11.6 Å². The molecule has 2 saturated heterocycles. The summed E-state index contributed by atoms with van der Waals surface area (Å²) in [4.78, 5) is 19.9. The van der Waals surface area contributed by atoms with Gasteiger partial charge in [-0.3, -0.25) is 4.79 Å². The predicted molar refractivity (Wildman–Crippen MR) is 117 cm³/mol. The maximum Gasteiger partial charge on any atom is 0.225 e. The Morgan fingerprint density at radius 2 is 2.03 bits per heavy atom. The van der Waals surface area contributed by atoms with Crippen LogP contribution in [0.3, 0.4) is 0 Å². The number of rotatable bonds is 3. The number of amides is 1. The Kier molecular flexibility index (Phi) is 4.04. The van der Waals surface area contributed by atoms with E-state index in [9.17, 15) is 4.79 Å². The molecule has 0 aromatic carbocycles. The largest absolute Gasteiger partial charge is 0.372 e. The zero-order valence-corrected chi connectivity index (χ0v) is 18.1. The molecule has 32 heavy (non-hydrogen) atoms. The van der Waals surface area contributed by atoms with E-state index in [2.05, 4.69) is 20.2 Å². The molecule has 8 heteroatoms. The minimum atomic E-state index is -0.00736. The van der Waals surface area contributed by atoms with Crippen LogP contribution in [-0.2, 0) is 9.53 Å². The number of aromatic nitrogens is 5. The van der Waals surface area contributed by atoms with Crippen LogP contribution in [0.1, 0.15) is 44.6 Å². The first-order chi connectivity index (χ1) is 15.7. The van der Waals surface area contributed by atoms with Gasteiger partial charge in [0.15, 0.2) is 0 Å². The summed E-state index contributed by atoms with van der Waals surface area (Å²) in [5.41, 5.74) is 2.53. The molecule has 166 valence electrons. The number of hydrogen-bond acceptors (Lipinski definition) is 5. The van der Waals surface area contributed by atoms with E-state index in [-0.39, 0.29) is 11.5 Å². The van der Waals surface area contributed by atoms with Crippen molar-refractivity contribution in [2.75, 3.05) is 19.7 Å². The number of ether oxygens (including phenoxy) is 1. The zero-order valence-electron chi connectivity index (χ0n) is 18.1. The Labute approximate surface area is 186 Å². The van der Waals surface area contributed by atoms with Crippen molar-refractivity contribution in [1.82, 2.24) is 29.3 Å². The highest BCUT2D eigenvalue weighted by Crippen LogP contribution is 2.57. The van der Waals surface area contributed by atoms with Crippen LogP contribution in [0.2, 0.25) is 0 Å². The lowest BCUT2D eigenvalue weighted by molar-refractivity contribution is -0.137. The second-order valence-corrected chi connectivity index (χ2v) is 10.2. The molecule has 5 heterocycles. The van der Waals surface area contributed by atoms with Crippen LogP contribution in [0.15, 0.2) is 36.8 Å². The molecule has 0 bridgehead atoms. The highest BCUT2D eigenvalue weighted by molar-refractivity contribution is 5.79. The summed E-state index contributed by atoms with van der Waals surface area (Å²) < 4.78 is 10.1. The summed E-state index contributed by atoms with van der Waals surface area (Å²) in [6.45, 7) is 2.60. The molecule has 3 unspecified atom stereocenters. The average molecular weight is 433 g/mol. The molecule has 3 aromatic rings. The molecule has 7 rings (SSSR count). The topological polar surface area (TPSA) is 77.5 Å². The first kappa shape index (κ1) is 18.8. The lowest BCUT2D eigenvalue weighted by Gasteiger charge is -2.31. The third-order valence-corrected chi connectivity index (χ3v) is 8.32. The van der Waals surface area contributed by atoms with Crippen molar-refractivity contribution in [3.8, 4) is 11.4 Å². The Morgan fingerprint density at radius 1 is 1.12 bits per heavy atom. The summed E-state index contributed by atoms with van der Waals surface area (Å²) in [7, 11) is 0. The van der Waals surface area contributed by atoms with Gasteiger partial charge in [0.25, 0.3) is 0 Å². The van der Waals surface area contributed by atoms with Gasteiger partial charge in [0.05, 0.1) is 24.4 Å². The number of imidazole rings is 1. The van der Waals surface area contributed by atoms with Crippen molar-refractivity contribution in [3.63, 3.8) is 0 Å². The predicted octanol–water partition coefficient (Wildman–Crippen LogP) is 2.96. The highest BCUT2D eigenvalue weighted by Gasteiger charge is 2.62. The fourth-order valence-corrected chi connectivity index (χ4v) is 6.35. The van der Waals surface area contributed by atoms with E-state index < -0.39 is 0 Å². The van der Waals surface area contributed by atoms with Gasteiger partial charge in [0.1, 0.15) is 17.0 Å². The van der Waals surface area contributed by atoms with E-state index in [1.54, 1.807) is 0 Å². The summed E-state index contributed by atoms with van der Waals surface area (Å²) in [6, 6.07) is 6.25. The van der Waals surface area contributed by atoms with Gasteiger partial charge in [0.2, 0.25) is 5.91 Å². The van der Waals surface area contributed by atoms with Crippen LogP contribution < -0.4 is 0 Å². The molecular formula is C24H28N6O2. The molecule has 3 atom stereocenters. The quantitative estimate of drug-likeness (QED) is 0.636. The third-order valence-electron chi connectivity index (χ3n) is 8.32. The van der Waals surface area contributed by atoms with Crippen molar-refractivity contribution in [2.24, 2.45) is 17.8 Å². The number of nitrogens with zero attached hydrogens (tertiary/aromatic N) is 6. The van der Waals surface area contributed by atoms with Crippen molar-refractivity contribution < 1.29 is 9.53 Å². The van der Waals surface area contributed by atoms with Crippen molar-refractivity contribution in [3.05, 3.63) is 36.8 Å². The third kappa shape index (κ3) is 2.92. The first-order valence-electron chi connectivity index (χ1n) is 12.0. The van der Waals surface area contributed by atoms with Crippen LogP contribution in [0, 0.1) is 17.8 Å². The number of fused-ring (bicyclic) bond motifs is 3. The minimum absolute atomic E-state index is 0.00736. The van der Waals surface area contributed by atoms with Gasteiger partial charge in [-0.1, -0.05) is 11.3 Å². The second-order valence-electron chi connectivity index (χ2n) is 10.2. The van der Waals surface area contributed by atoms with Gasteiger partial charge in [0, 0.05) is 31.4 Å². The van der Waals surface area contributed by atoms with E-state index in [1.165, 1.54) is 6.42 Å². The smallest absolute Gasteiger partial charge is 0.225 e. The van der Waals surface area contributed by atoms with Crippen LogP contribution in [0.5, 0.6) is 0 Å². The van der Waals surface area contributed by atoms with Crippen LogP contribution in [0.25, 0.3) is 17.0 Å². The minimum Gasteiger partial charge on any atom is -0.372 e. The van der Waals surface area contributed by atoms with Gasteiger partial charge in [-0.05, 0) is 62.5 Å². The van der Waals surface area contributed by atoms with E-state index >= 15 is 0 Å². The molecule has 2 aliphatic heterocycles. The van der Waals surface area contributed by atoms with Crippen LogP contribution >= 0.6 is 0 Å². The maximum atomic E-state index is 13.2. The number of carbonyl (C=O) groups excluding carboxylic acids is 1. The fraction of sp³-hybridized carbons (Fsp3) is 0.583. The SMILES string of the molecule is O=C(C1CCC(n2cc(-c3cn4ccccc4n3)nn2)CC1)N1CCC2(C1)OCC1CC12. The standard InChI is InChI=1S/C24H28N6O2/c31-23(29-10-8-24(15-29)19-11-17(19)14-32-24)16-4-6-18(7-5-16)30-13-21(26-27-30)20-12-28-9-2-1-3-22(28)25-20/h1-3,9,12-13,16-19H,4-8,10-11,14-15H2. The molecule has 1 amide bonds. The lowest BCUT2D eigenvalue weighted by atomic mass is 9.85. The molecule has 1 spiro atoms. The summed E-state index contributed by atoms with van der Waals surface area (Å²) in [5.74, 6) is 1.97. The van der Waals surface area contributed by atoms with Gasteiger partial charge in [-0.15, -0.1) is 5.10 Å². The van der Waals surface area contributed by atoms with Crippen molar-refractivity contribution in [2.45, 2.75) is 50.2 Å². The van der Waals surface area contributed by atoms with E-state index in [0.29, 0.717) is 17.9 Å². The molecule has 4 fully saturated rings. The van der Waals surface area contributed by atoms with Gasteiger partial charge in [-0.2, -0.15) is 0 Å². The number of likely N-dealkylation sites (tertiary alicyclic amines) is 1. The Balaban J connectivity index is 0.992. The zero-order chi connectivity index (χ0) is 21.3. The molecule has 0 N–H and O–H groups in total. The summed E-state index contributed by atoms with van der Waals surface area (Å²) >= 11 is 0. The number of carbonyl (C=O) groups is 1. The Morgan fingerprint density at radius 3 is 2.81 bits per heavy atom. The van der Waals surface area contributed by atoms with Gasteiger partial charge in [-0.25, -0.2) is 9.67 Å². The fourth-order valence-electron chi connectivity index (χ4n) is 6.35. The average Bonchev–Trinajstić information content (AvgIpc) is 3.25. The normalized spacial score (nSPS) is 33.8. The summed E-state index contributed by atoms with van der Waals surface area (Å²) in [5, 5.41) is 8.77. The first-order valence-corrected chi connectivity index (χ1v) is 12.0. The monoisotopic (exact) mass is 432 g/mol. The molecule has 8 nitrogen and oxygen atoms in total. The Bertz CT molecular complexity index is 1150. The summed E-state index contributed by atoms with van der Waals surface area (Å²) in [6.07, 6.45) is 12.1. The van der Waals surface area contributed by atoms with E-state index in [0.717, 1.165) is 74.8 Å². The van der Waals surface area contributed by atoms with Crippen molar-refractivity contribution in [1.29, 1.82) is 0 Å². The van der Waals surface area contributed by atoms with E-state index in [4.69, 9.17) is 4.74 Å². The second kappa shape index (κ2) is 6.88. The van der Waals surface area contributed by atoms with Crippen LogP contribution in [-0.4, -0.2) is 60.5 Å². The molecule has 0 radical (unpaired) electrons.